The van der Waals surface area contributed by atoms with Gasteiger partial charge < -0.3 is 29.2 Å². The van der Waals surface area contributed by atoms with Gasteiger partial charge >= 0.3 is 11.9 Å². The first-order valence-corrected chi connectivity index (χ1v) is 9.09. The third-order valence-corrected chi connectivity index (χ3v) is 4.41. The van der Waals surface area contributed by atoms with Crippen molar-refractivity contribution in [2.75, 3.05) is 18.7 Å². The van der Waals surface area contributed by atoms with E-state index < -0.39 is 23.9 Å². The number of aryl methyl sites for hydroxylation is 1. The molecule has 2 N–H and O–H groups in total. The van der Waals surface area contributed by atoms with Crippen molar-refractivity contribution in [3.8, 4) is 11.5 Å². The molecule has 154 valence electrons. The van der Waals surface area contributed by atoms with E-state index in [0.29, 0.717) is 28.4 Å². The number of amides is 1. The van der Waals surface area contributed by atoms with E-state index >= 15 is 0 Å². The number of rotatable bonds is 6. The van der Waals surface area contributed by atoms with Crippen molar-refractivity contribution in [3.63, 3.8) is 0 Å². The smallest absolute Gasteiger partial charge is 0.355 e. The van der Waals surface area contributed by atoms with Gasteiger partial charge in [-0.25, -0.2) is 9.59 Å². The SMILES string of the molecule is CCOC(=O)c1c(C)[nH]c(C(=O)O[C@@H](C)C(=O)Nc2ccc3c(c2)OCO3)c1C. The van der Waals surface area contributed by atoms with Crippen molar-refractivity contribution < 1.29 is 33.3 Å². The number of carbonyl (C=O) groups is 3. The molecule has 0 radical (unpaired) electrons. The number of anilines is 1. The van der Waals surface area contributed by atoms with Crippen molar-refractivity contribution in [2.24, 2.45) is 0 Å². The molecular weight excluding hydrogens is 380 g/mol. The molecule has 0 unspecified atom stereocenters. The molecule has 0 saturated heterocycles. The summed E-state index contributed by atoms with van der Waals surface area (Å²) in [6.45, 7) is 6.78. The third-order valence-electron chi connectivity index (χ3n) is 4.41. The molecule has 0 spiro atoms. The van der Waals surface area contributed by atoms with Crippen LogP contribution in [0.4, 0.5) is 5.69 Å². The topological polar surface area (TPSA) is 116 Å². The normalized spacial score (nSPS) is 13.0. The van der Waals surface area contributed by atoms with Gasteiger partial charge in [-0.15, -0.1) is 0 Å². The highest BCUT2D eigenvalue weighted by Crippen LogP contribution is 2.34. The lowest BCUT2D eigenvalue weighted by molar-refractivity contribution is -0.123. The number of aromatic amines is 1. The molecule has 1 atom stereocenters. The zero-order valence-corrected chi connectivity index (χ0v) is 16.6. The molecule has 9 nitrogen and oxygen atoms in total. The predicted molar refractivity (Wildman–Crippen MR) is 102 cm³/mol. The van der Waals surface area contributed by atoms with Crippen LogP contribution in [-0.2, 0) is 14.3 Å². The van der Waals surface area contributed by atoms with E-state index in [1.165, 1.54) is 6.92 Å². The summed E-state index contributed by atoms with van der Waals surface area (Å²) in [4.78, 5) is 39.8. The van der Waals surface area contributed by atoms with Crippen LogP contribution in [0.1, 0.15) is 46.0 Å². The minimum Gasteiger partial charge on any atom is -0.462 e. The van der Waals surface area contributed by atoms with Gasteiger partial charge in [0.05, 0.1) is 12.2 Å². The number of hydrogen-bond donors (Lipinski definition) is 2. The lowest BCUT2D eigenvalue weighted by atomic mass is 10.1. The average molecular weight is 402 g/mol. The second-order valence-electron chi connectivity index (χ2n) is 6.45. The van der Waals surface area contributed by atoms with Gasteiger partial charge in [0.25, 0.3) is 5.91 Å². The van der Waals surface area contributed by atoms with Crippen LogP contribution in [0.2, 0.25) is 0 Å². The second-order valence-corrected chi connectivity index (χ2v) is 6.45. The van der Waals surface area contributed by atoms with Crippen LogP contribution in [0.25, 0.3) is 0 Å². The van der Waals surface area contributed by atoms with Crippen molar-refractivity contribution in [1.82, 2.24) is 4.98 Å². The number of hydrogen-bond acceptors (Lipinski definition) is 7. The highest BCUT2D eigenvalue weighted by Gasteiger charge is 2.26. The molecule has 0 bridgehead atoms. The Hall–Kier alpha value is -3.49. The van der Waals surface area contributed by atoms with Crippen LogP contribution in [0, 0.1) is 13.8 Å². The van der Waals surface area contributed by atoms with E-state index in [-0.39, 0.29) is 24.7 Å². The molecule has 0 fully saturated rings. The summed E-state index contributed by atoms with van der Waals surface area (Å²) in [6.07, 6.45) is -1.07. The van der Waals surface area contributed by atoms with E-state index in [1.54, 1.807) is 39.0 Å². The molecule has 1 aliphatic rings. The fourth-order valence-corrected chi connectivity index (χ4v) is 2.95. The van der Waals surface area contributed by atoms with Crippen LogP contribution in [0.3, 0.4) is 0 Å². The van der Waals surface area contributed by atoms with Crippen molar-refractivity contribution in [2.45, 2.75) is 33.8 Å². The molecule has 1 amide bonds. The van der Waals surface area contributed by atoms with Crippen molar-refractivity contribution >= 4 is 23.5 Å². The number of fused-ring (bicyclic) bond motifs is 1. The Morgan fingerprint density at radius 3 is 2.62 bits per heavy atom. The largest absolute Gasteiger partial charge is 0.462 e. The summed E-state index contributed by atoms with van der Waals surface area (Å²) >= 11 is 0. The van der Waals surface area contributed by atoms with Crippen LogP contribution >= 0.6 is 0 Å². The molecule has 29 heavy (non-hydrogen) atoms. The summed E-state index contributed by atoms with van der Waals surface area (Å²) in [7, 11) is 0. The number of ether oxygens (including phenoxy) is 4. The Labute approximate surface area is 167 Å². The van der Waals surface area contributed by atoms with E-state index in [1.807, 2.05) is 0 Å². The Morgan fingerprint density at radius 1 is 1.17 bits per heavy atom. The van der Waals surface area contributed by atoms with Crippen molar-refractivity contribution in [1.29, 1.82) is 0 Å². The number of benzene rings is 1. The molecule has 3 rings (SSSR count). The Kier molecular flexibility index (Phi) is 5.76. The van der Waals surface area contributed by atoms with Crippen LogP contribution in [-0.4, -0.2) is 42.3 Å². The van der Waals surface area contributed by atoms with Gasteiger partial charge in [-0.2, -0.15) is 0 Å². The zero-order valence-electron chi connectivity index (χ0n) is 16.6. The summed E-state index contributed by atoms with van der Waals surface area (Å²) in [6, 6.07) is 4.96. The number of carbonyl (C=O) groups excluding carboxylic acids is 3. The van der Waals surface area contributed by atoms with Gasteiger partial charge in [-0.1, -0.05) is 0 Å². The third kappa shape index (κ3) is 4.18. The fourth-order valence-electron chi connectivity index (χ4n) is 2.95. The first kappa shape index (κ1) is 20.2. The van der Waals surface area contributed by atoms with E-state index in [2.05, 4.69) is 10.3 Å². The minimum atomic E-state index is -1.07. The summed E-state index contributed by atoms with van der Waals surface area (Å²) in [5.74, 6) is -0.654. The van der Waals surface area contributed by atoms with Gasteiger partial charge in [-0.05, 0) is 45.4 Å². The first-order valence-electron chi connectivity index (χ1n) is 9.09. The predicted octanol–water partition coefficient (Wildman–Crippen LogP) is 2.72. The second kappa shape index (κ2) is 8.26. The molecule has 9 heteroatoms. The maximum absolute atomic E-state index is 12.5. The summed E-state index contributed by atoms with van der Waals surface area (Å²) in [5, 5.41) is 2.66. The van der Waals surface area contributed by atoms with Gasteiger partial charge in [0.1, 0.15) is 5.69 Å². The van der Waals surface area contributed by atoms with Crippen LogP contribution < -0.4 is 14.8 Å². The molecule has 0 saturated carbocycles. The van der Waals surface area contributed by atoms with Gasteiger partial charge in [-0.3, -0.25) is 4.79 Å². The number of aromatic nitrogens is 1. The van der Waals surface area contributed by atoms with Gasteiger partial charge in [0, 0.05) is 17.4 Å². The Balaban J connectivity index is 1.66. The summed E-state index contributed by atoms with van der Waals surface area (Å²) in [5.41, 5.74) is 1.78. The Morgan fingerprint density at radius 2 is 1.90 bits per heavy atom. The van der Waals surface area contributed by atoms with Crippen LogP contribution in [0.15, 0.2) is 18.2 Å². The van der Waals surface area contributed by atoms with E-state index in [9.17, 15) is 14.4 Å². The standard InChI is InChI=1S/C20H22N2O7/c1-5-26-19(24)16-10(2)17(21-11(16)3)20(25)29-12(4)18(23)22-13-6-7-14-15(8-13)28-9-27-14/h6-8,12,21H,5,9H2,1-4H3,(H,22,23)/t12-/m0/s1. The van der Waals surface area contributed by atoms with Crippen LogP contribution in [0.5, 0.6) is 11.5 Å². The molecule has 1 aliphatic heterocycles. The number of H-pyrrole nitrogens is 1. The molecule has 1 aromatic carbocycles. The Bertz CT molecular complexity index is 964. The molecule has 0 aliphatic carbocycles. The lowest BCUT2D eigenvalue weighted by Gasteiger charge is -2.13. The molecule has 1 aromatic heterocycles. The summed E-state index contributed by atoms with van der Waals surface area (Å²) < 4.78 is 20.8. The van der Waals surface area contributed by atoms with E-state index in [0.717, 1.165) is 0 Å². The monoisotopic (exact) mass is 402 g/mol. The highest BCUT2D eigenvalue weighted by atomic mass is 16.7. The molecular formula is C20H22N2O7. The lowest BCUT2D eigenvalue weighted by Crippen LogP contribution is -2.30. The highest BCUT2D eigenvalue weighted by molar-refractivity contribution is 6.00. The van der Waals surface area contributed by atoms with Gasteiger partial charge in [0.15, 0.2) is 17.6 Å². The average Bonchev–Trinajstić information content (AvgIpc) is 3.25. The van der Waals surface area contributed by atoms with Crippen molar-refractivity contribution in [3.05, 3.63) is 40.7 Å². The first-order chi connectivity index (χ1) is 13.8. The molecule has 2 aromatic rings. The fraction of sp³-hybridized carbons (Fsp3) is 0.350. The molecule has 2 heterocycles. The maximum Gasteiger partial charge on any atom is 0.355 e. The number of esters is 2. The minimum absolute atomic E-state index is 0.105. The quantitative estimate of drug-likeness (QED) is 0.714. The van der Waals surface area contributed by atoms with E-state index in [4.69, 9.17) is 18.9 Å². The van der Waals surface area contributed by atoms with Gasteiger partial charge in [0.2, 0.25) is 6.79 Å². The maximum atomic E-state index is 12.5. The zero-order chi connectivity index (χ0) is 21.1. The number of nitrogens with one attached hydrogen (secondary N) is 2.